The van der Waals surface area contributed by atoms with Crippen LogP contribution in [0.2, 0.25) is 0 Å². The fourth-order valence-electron chi connectivity index (χ4n) is 5.14. The maximum atomic E-state index is 13.5. The predicted molar refractivity (Wildman–Crippen MR) is 155 cm³/mol. The van der Waals surface area contributed by atoms with Crippen LogP contribution in [0.15, 0.2) is 65.1 Å². The predicted octanol–water partition coefficient (Wildman–Crippen LogP) is 5.85. The van der Waals surface area contributed by atoms with Crippen LogP contribution in [0.1, 0.15) is 44.5 Å². The number of carbonyl (C=O) groups is 1. The Balaban J connectivity index is 2.05. The zero-order chi connectivity index (χ0) is 27.2. The van der Waals surface area contributed by atoms with E-state index in [0.29, 0.717) is 18.5 Å². The lowest BCUT2D eigenvalue weighted by Gasteiger charge is -2.23. The summed E-state index contributed by atoms with van der Waals surface area (Å²) >= 11 is 0. The number of fused-ring (bicyclic) bond motifs is 2. The summed E-state index contributed by atoms with van der Waals surface area (Å²) in [5.74, 6) is 0.686. The first-order valence-corrected chi connectivity index (χ1v) is 13.5. The van der Waals surface area contributed by atoms with Gasteiger partial charge < -0.3 is 14.2 Å². The van der Waals surface area contributed by atoms with Crippen molar-refractivity contribution in [1.29, 1.82) is 5.26 Å². The maximum Gasteiger partial charge on any atom is 0.254 e. The van der Waals surface area contributed by atoms with Crippen LogP contribution >= 0.6 is 0 Å². The molecule has 1 aliphatic heterocycles. The molecular formula is C32H37N4O2+. The van der Waals surface area contributed by atoms with Crippen LogP contribution in [-0.2, 0) is 0 Å². The summed E-state index contributed by atoms with van der Waals surface area (Å²) < 4.78 is 8.88. The highest BCUT2D eigenvalue weighted by Gasteiger charge is 2.24. The molecule has 0 aromatic heterocycles. The van der Waals surface area contributed by atoms with Crippen molar-refractivity contribution in [2.75, 3.05) is 44.7 Å². The number of hydrogen-bond donors (Lipinski definition) is 0. The highest BCUT2D eigenvalue weighted by atomic mass is 16.3. The molecule has 2 aromatic rings. The molecule has 0 radical (unpaired) electrons. The first-order valence-electron chi connectivity index (χ1n) is 13.5. The second-order valence-corrected chi connectivity index (χ2v) is 9.36. The van der Waals surface area contributed by atoms with Crippen molar-refractivity contribution >= 4 is 22.6 Å². The van der Waals surface area contributed by atoms with Crippen LogP contribution in [0.5, 0.6) is 0 Å². The average Bonchev–Trinajstić information content (AvgIpc) is 2.95. The van der Waals surface area contributed by atoms with Crippen molar-refractivity contribution in [3.63, 3.8) is 0 Å². The molecule has 2 aliphatic rings. The van der Waals surface area contributed by atoms with Crippen LogP contribution in [0, 0.1) is 11.3 Å². The lowest BCUT2D eigenvalue weighted by molar-refractivity contribution is 0.0799. The van der Waals surface area contributed by atoms with Gasteiger partial charge in [0.2, 0.25) is 5.36 Å². The van der Waals surface area contributed by atoms with Crippen molar-refractivity contribution in [1.82, 2.24) is 9.48 Å². The number of rotatable bonds is 9. The number of amides is 1. The highest BCUT2D eigenvalue weighted by molar-refractivity contribution is 6.09. The molecular weight excluding hydrogens is 472 g/mol. The molecule has 0 fully saturated rings. The second-order valence-electron chi connectivity index (χ2n) is 9.36. The molecule has 0 saturated heterocycles. The first-order chi connectivity index (χ1) is 18.5. The van der Waals surface area contributed by atoms with E-state index in [1.165, 1.54) is 0 Å². The van der Waals surface area contributed by atoms with E-state index in [9.17, 15) is 4.79 Å². The van der Waals surface area contributed by atoms with Crippen LogP contribution < -0.4 is 14.8 Å². The molecule has 4 rings (SSSR count). The smallest absolute Gasteiger partial charge is 0.254 e. The van der Waals surface area contributed by atoms with E-state index in [1.807, 2.05) is 24.3 Å². The van der Waals surface area contributed by atoms with Gasteiger partial charge in [-0.1, -0.05) is 18.2 Å². The zero-order valence-electron chi connectivity index (χ0n) is 23.1. The third-order valence-corrected chi connectivity index (χ3v) is 7.28. The lowest BCUT2D eigenvalue weighted by atomic mass is 9.90. The van der Waals surface area contributed by atoms with Gasteiger partial charge in [0.1, 0.15) is 24.4 Å². The molecule has 1 heterocycles. The van der Waals surface area contributed by atoms with Crippen molar-refractivity contribution in [3.05, 3.63) is 71.6 Å². The molecule has 0 N–H and O–H groups in total. The van der Waals surface area contributed by atoms with Gasteiger partial charge in [0.25, 0.3) is 5.91 Å². The van der Waals surface area contributed by atoms with Gasteiger partial charge in [-0.15, -0.1) is 0 Å². The summed E-state index contributed by atoms with van der Waals surface area (Å²) in [7, 11) is 1.75. The maximum absolute atomic E-state index is 13.5. The summed E-state index contributed by atoms with van der Waals surface area (Å²) in [5.41, 5.74) is 5.31. The monoisotopic (exact) mass is 509 g/mol. The second kappa shape index (κ2) is 12.0. The van der Waals surface area contributed by atoms with E-state index in [1.54, 1.807) is 11.9 Å². The van der Waals surface area contributed by atoms with Crippen molar-refractivity contribution < 1.29 is 9.21 Å². The van der Waals surface area contributed by atoms with E-state index in [-0.39, 0.29) is 5.91 Å². The third-order valence-electron chi connectivity index (χ3n) is 7.28. The molecule has 0 atom stereocenters. The molecule has 0 saturated carbocycles. The summed E-state index contributed by atoms with van der Waals surface area (Å²) in [5, 5.41) is 11.1. The standard InChI is InChI=1S/C32H37N4O2/c1-6-35(7-2)23-15-17-27-29(21-23)38-30-22-24(36(8-3)9-4)16-18-28(30)31(27)25-13-10-11-14-26(25)32(37)34(5)20-12-19-33/h10-11,13-18,21-22H,6-9,12,20H2,1-5H3/q+1. The molecule has 0 bridgehead atoms. The summed E-state index contributed by atoms with van der Waals surface area (Å²) in [6.07, 6.45) is 0.294. The minimum Gasteiger partial charge on any atom is -0.456 e. The van der Waals surface area contributed by atoms with Gasteiger partial charge in [-0.05, 0) is 57.5 Å². The number of carbonyl (C=O) groups excluding carboxylic acids is 1. The topological polar surface area (TPSA) is 63.5 Å². The fraction of sp³-hybridized carbons (Fsp3) is 0.344. The molecule has 196 valence electrons. The van der Waals surface area contributed by atoms with E-state index in [4.69, 9.17) is 9.68 Å². The van der Waals surface area contributed by atoms with E-state index < -0.39 is 0 Å². The number of nitrogens with zero attached hydrogens (tertiary/aromatic N) is 4. The van der Waals surface area contributed by atoms with E-state index in [0.717, 1.165) is 70.6 Å². The summed E-state index contributed by atoms with van der Waals surface area (Å²) in [4.78, 5) is 17.5. The highest BCUT2D eigenvalue weighted by Crippen LogP contribution is 2.42. The van der Waals surface area contributed by atoms with Gasteiger partial charge in [0, 0.05) is 66.6 Å². The Morgan fingerprint density at radius 1 is 0.947 bits per heavy atom. The number of nitriles is 1. The Morgan fingerprint density at radius 2 is 1.68 bits per heavy atom. The molecule has 0 spiro atoms. The SMILES string of the molecule is CCN(CC)c1ccc2c(-c3ccccc3C(=O)N(C)CCC#N)c3ccc(=[N+](CC)CC)cc-3oc2c1. The number of benzene rings is 3. The quantitative estimate of drug-likeness (QED) is 0.210. The van der Waals surface area contributed by atoms with E-state index >= 15 is 0 Å². The zero-order valence-corrected chi connectivity index (χ0v) is 23.1. The average molecular weight is 510 g/mol. The normalized spacial score (nSPS) is 10.9. The Hall–Kier alpha value is -4.11. The molecule has 1 amide bonds. The molecule has 6 nitrogen and oxygen atoms in total. The minimum atomic E-state index is -0.0996. The molecule has 1 aliphatic carbocycles. The van der Waals surface area contributed by atoms with Crippen LogP contribution in [0.3, 0.4) is 0 Å². The van der Waals surface area contributed by atoms with Crippen molar-refractivity contribution in [2.24, 2.45) is 0 Å². The van der Waals surface area contributed by atoms with Crippen molar-refractivity contribution in [3.8, 4) is 28.5 Å². The third kappa shape index (κ3) is 5.15. The Kier molecular flexibility index (Phi) is 8.48. The van der Waals surface area contributed by atoms with Crippen molar-refractivity contribution in [2.45, 2.75) is 34.1 Å². The van der Waals surface area contributed by atoms with Gasteiger partial charge in [-0.25, -0.2) is 4.58 Å². The molecule has 2 aromatic carbocycles. The number of hydrogen-bond acceptors (Lipinski definition) is 4. The molecule has 38 heavy (non-hydrogen) atoms. The van der Waals surface area contributed by atoms with Crippen LogP contribution in [-0.4, -0.2) is 50.6 Å². The van der Waals surface area contributed by atoms with Gasteiger partial charge >= 0.3 is 0 Å². The minimum absolute atomic E-state index is 0.0996. The van der Waals surface area contributed by atoms with E-state index in [2.05, 4.69) is 79.6 Å². The summed E-state index contributed by atoms with van der Waals surface area (Å²) in [6.45, 7) is 12.6. The largest absolute Gasteiger partial charge is 0.456 e. The van der Waals surface area contributed by atoms with Gasteiger partial charge in [0.15, 0.2) is 0 Å². The van der Waals surface area contributed by atoms with Crippen LogP contribution in [0.25, 0.3) is 33.4 Å². The van der Waals surface area contributed by atoms with Crippen LogP contribution in [0.4, 0.5) is 5.69 Å². The molecule has 6 heteroatoms. The lowest BCUT2D eigenvalue weighted by Crippen LogP contribution is -2.29. The van der Waals surface area contributed by atoms with Gasteiger partial charge in [0.05, 0.1) is 18.6 Å². The first kappa shape index (κ1) is 26.9. The summed E-state index contributed by atoms with van der Waals surface area (Å²) in [6, 6.07) is 22.6. The fourth-order valence-corrected chi connectivity index (χ4v) is 5.14. The molecule has 0 unspecified atom stereocenters. The van der Waals surface area contributed by atoms with Gasteiger partial charge in [-0.3, -0.25) is 4.79 Å². The Morgan fingerprint density at radius 3 is 2.37 bits per heavy atom. The van der Waals surface area contributed by atoms with Gasteiger partial charge in [-0.2, -0.15) is 5.26 Å². The number of anilines is 1. The Labute approximate surface area is 225 Å². The Bertz CT molecular complexity index is 1520.